The lowest BCUT2D eigenvalue weighted by Gasteiger charge is -2.29. The fourth-order valence-electron chi connectivity index (χ4n) is 2.35. The molecule has 2 N–H and O–H groups in total. The second kappa shape index (κ2) is 7.45. The molecule has 0 fully saturated rings. The van der Waals surface area contributed by atoms with Crippen LogP contribution in [0.3, 0.4) is 0 Å². The number of benzene rings is 2. The molecule has 0 saturated carbocycles. The van der Waals surface area contributed by atoms with E-state index in [1.165, 1.54) is 12.1 Å². The van der Waals surface area contributed by atoms with Crippen LogP contribution in [0.4, 0.5) is 13.2 Å². The summed E-state index contributed by atoms with van der Waals surface area (Å²) >= 11 is 5.93. The lowest BCUT2D eigenvalue weighted by atomic mass is 9.91. The van der Waals surface area contributed by atoms with E-state index in [1.54, 1.807) is 24.3 Å². The van der Waals surface area contributed by atoms with Crippen molar-refractivity contribution in [3.05, 3.63) is 70.2 Å². The van der Waals surface area contributed by atoms with E-state index < -0.39 is 23.2 Å². The Morgan fingerprint density at radius 2 is 1.72 bits per heavy atom. The molecule has 2 aromatic carbocycles. The number of hydrogen-bond acceptors (Lipinski definition) is 2. The summed E-state index contributed by atoms with van der Waals surface area (Å²) < 4.78 is 40.5. The molecule has 1 atom stereocenters. The van der Waals surface area contributed by atoms with E-state index in [1.807, 2.05) is 6.92 Å². The Morgan fingerprint density at radius 1 is 1.12 bits per heavy atom. The zero-order valence-electron chi connectivity index (χ0n) is 13.4. The molecule has 1 unspecified atom stereocenters. The van der Waals surface area contributed by atoms with Crippen LogP contribution in [0, 0.1) is 0 Å². The van der Waals surface area contributed by atoms with Gasteiger partial charge in [0.05, 0.1) is 0 Å². The smallest absolute Gasteiger partial charge is 0.369 e. The summed E-state index contributed by atoms with van der Waals surface area (Å²) in [7, 11) is 0. The van der Waals surface area contributed by atoms with Crippen molar-refractivity contribution < 1.29 is 23.1 Å². The molecule has 0 aliphatic rings. The van der Waals surface area contributed by atoms with E-state index in [9.17, 15) is 23.1 Å². The van der Waals surface area contributed by atoms with Crippen molar-refractivity contribution in [1.29, 1.82) is 0 Å². The van der Waals surface area contributed by atoms with E-state index in [-0.39, 0.29) is 6.54 Å². The minimum Gasteiger partial charge on any atom is -0.369 e. The SMILES string of the molecule is CCc1ccc(C(O)(C(=O)NCc2ccccc2Cl)C(F)(F)F)cc1. The van der Waals surface area contributed by atoms with Crippen molar-refractivity contribution in [3.8, 4) is 0 Å². The molecule has 25 heavy (non-hydrogen) atoms. The zero-order chi connectivity index (χ0) is 18.7. The van der Waals surface area contributed by atoms with E-state index in [0.717, 1.165) is 17.7 Å². The quantitative estimate of drug-likeness (QED) is 0.835. The number of nitrogens with one attached hydrogen (secondary N) is 1. The Balaban J connectivity index is 2.29. The normalized spacial score (nSPS) is 14.0. The lowest BCUT2D eigenvalue weighted by Crippen LogP contribution is -2.54. The Morgan fingerprint density at radius 3 is 2.24 bits per heavy atom. The highest BCUT2D eigenvalue weighted by molar-refractivity contribution is 6.31. The van der Waals surface area contributed by atoms with Gasteiger partial charge in [0, 0.05) is 17.1 Å². The maximum absolute atomic E-state index is 13.5. The van der Waals surface area contributed by atoms with Crippen molar-refractivity contribution in [2.75, 3.05) is 0 Å². The van der Waals surface area contributed by atoms with Gasteiger partial charge in [-0.25, -0.2) is 0 Å². The molecule has 0 aliphatic heterocycles. The maximum atomic E-state index is 13.5. The first-order valence-electron chi connectivity index (χ1n) is 7.60. The molecule has 0 heterocycles. The number of alkyl halides is 3. The Kier molecular flexibility index (Phi) is 5.75. The Labute approximate surface area is 148 Å². The van der Waals surface area contributed by atoms with Crippen molar-refractivity contribution in [1.82, 2.24) is 5.32 Å². The fourth-order valence-corrected chi connectivity index (χ4v) is 2.55. The molecule has 0 spiro atoms. The predicted molar refractivity (Wildman–Crippen MR) is 89.1 cm³/mol. The van der Waals surface area contributed by atoms with Gasteiger partial charge in [-0.05, 0) is 23.6 Å². The highest BCUT2D eigenvalue weighted by Gasteiger charge is 2.60. The third-order valence-electron chi connectivity index (χ3n) is 3.92. The van der Waals surface area contributed by atoms with Crippen molar-refractivity contribution >= 4 is 17.5 Å². The van der Waals surface area contributed by atoms with Crippen LogP contribution in [-0.2, 0) is 23.4 Å². The Bertz CT molecular complexity index is 747. The number of carbonyl (C=O) groups excluding carboxylic acids is 1. The number of aliphatic hydroxyl groups is 1. The molecule has 0 aromatic heterocycles. The molecule has 0 bridgehead atoms. The number of hydrogen-bond donors (Lipinski definition) is 2. The van der Waals surface area contributed by atoms with Gasteiger partial charge in [-0.2, -0.15) is 13.2 Å². The molecular formula is C18H17ClF3NO2. The van der Waals surface area contributed by atoms with Gasteiger partial charge in [-0.15, -0.1) is 0 Å². The summed E-state index contributed by atoms with van der Waals surface area (Å²) in [6.45, 7) is 1.62. The van der Waals surface area contributed by atoms with Crippen molar-refractivity contribution in [2.24, 2.45) is 0 Å². The first-order valence-corrected chi connectivity index (χ1v) is 7.98. The monoisotopic (exact) mass is 371 g/mol. The largest absolute Gasteiger partial charge is 0.430 e. The second-order valence-corrected chi connectivity index (χ2v) is 5.94. The van der Waals surface area contributed by atoms with Gasteiger partial charge < -0.3 is 10.4 Å². The highest BCUT2D eigenvalue weighted by atomic mass is 35.5. The lowest BCUT2D eigenvalue weighted by molar-refractivity contribution is -0.257. The fraction of sp³-hybridized carbons (Fsp3) is 0.278. The number of aryl methyl sites for hydroxylation is 1. The topological polar surface area (TPSA) is 49.3 Å². The molecule has 0 saturated heterocycles. The third-order valence-corrected chi connectivity index (χ3v) is 4.28. The van der Waals surface area contributed by atoms with Gasteiger partial charge in [0.25, 0.3) is 11.5 Å². The average Bonchev–Trinajstić information content (AvgIpc) is 2.59. The Hall–Kier alpha value is -2.05. The van der Waals surface area contributed by atoms with Crippen LogP contribution >= 0.6 is 11.6 Å². The summed E-state index contributed by atoms with van der Waals surface area (Å²) in [5, 5.41) is 12.7. The van der Waals surface area contributed by atoms with Crippen molar-refractivity contribution in [2.45, 2.75) is 31.7 Å². The van der Waals surface area contributed by atoms with E-state index >= 15 is 0 Å². The molecule has 0 radical (unpaired) electrons. The van der Waals surface area contributed by atoms with Crippen LogP contribution in [0.15, 0.2) is 48.5 Å². The first kappa shape index (κ1) is 19.3. The van der Waals surface area contributed by atoms with Gasteiger partial charge in [-0.3, -0.25) is 4.79 Å². The van der Waals surface area contributed by atoms with Gasteiger partial charge in [0.2, 0.25) is 0 Å². The summed E-state index contributed by atoms with van der Waals surface area (Å²) in [5.74, 6) is -1.55. The average molecular weight is 372 g/mol. The minimum absolute atomic E-state index is 0.232. The van der Waals surface area contributed by atoms with Crippen LogP contribution in [0.1, 0.15) is 23.6 Å². The van der Waals surface area contributed by atoms with Gasteiger partial charge in [0.1, 0.15) is 0 Å². The summed E-state index contributed by atoms with van der Waals surface area (Å²) in [6, 6.07) is 11.6. The van der Waals surface area contributed by atoms with Crippen LogP contribution < -0.4 is 5.32 Å². The molecular weight excluding hydrogens is 355 g/mol. The van der Waals surface area contributed by atoms with Crippen LogP contribution in [0.25, 0.3) is 0 Å². The number of halogens is 4. The molecule has 7 heteroatoms. The molecule has 2 rings (SSSR count). The van der Waals surface area contributed by atoms with E-state index in [4.69, 9.17) is 11.6 Å². The number of rotatable bonds is 5. The minimum atomic E-state index is -5.18. The molecule has 134 valence electrons. The first-order chi connectivity index (χ1) is 11.7. The van der Waals surface area contributed by atoms with E-state index in [2.05, 4.69) is 5.32 Å². The standard InChI is InChI=1S/C18H17ClF3NO2/c1-2-12-7-9-14(10-8-12)17(25,18(20,21)22)16(24)23-11-13-5-3-4-6-15(13)19/h3-10,25H,2,11H2,1H3,(H,23,24). The highest BCUT2D eigenvalue weighted by Crippen LogP contribution is 2.39. The molecule has 2 aromatic rings. The predicted octanol–water partition coefficient (Wildman–Crippen LogP) is 3.97. The molecule has 1 amide bonds. The summed E-state index contributed by atoms with van der Waals surface area (Å²) in [5.41, 5.74) is -2.93. The maximum Gasteiger partial charge on any atom is 0.430 e. The van der Waals surface area contributed by atoms with Crippen LogP contribution in [0.2, 0.25) is 5.02 Å². The van der Waals surface area contributed by atoms with Gasteiger partial charge in [0.15, 0.2) is 0 Å². The van der Waals surface area contributed by atoms with Gasteiger partial charge >= 0.3 is 6.18 Å². The van der Waals surface area contributed by atoms with Gasteiger partial charge in [-0.1, -0.05) is 61.0 Å². The van der Waals surface area contributed by atoms with Crippen LogP contribution in [0.5, 0.6) is 0 Å². The van der Waals surface area contributed by atoms with E-state index in [0.29, 0.717) is 17.0 Å². The van der Waals surface area contributed by atoms with Crippen LogP contribution in [-0.4, -0.2) is 17.2 Å². The molecule has 0 aliphatic carbocycles. The second-order valence-electron chi connectivity index (χ2n) is 5.53. The molecule has 3 nitrogen and oxygen atoms in total. The summed E-state index contributed by atoms with van der Waals surface area (Å²) in [4.78, 5) is 12.2. The number of amides is 1. The zero-order valence-corrected chi connectivity index (χ0v) is 14.2. The number of carbonyl (C=O) groups is 1. The third kappa shape index (κ3) is 3.96. The summed E-state index contributed by atoms with van der Waals surface area (Å²) in [6.07, 6.45) is -4.55. The van der Waals surface area contributed by atoms with Crippen molar-refractivity contribution in [3.63, 3.8) is 0 Å².